The van der Waals surface area contributed by atoms with Crippen LogP contribution in [-0.2, 0) is 34.0 Å². The lowest BCUT2D eigenvalue weighted by atomic mass is 9.96. The second-order valence-corrected chi connectivity index (χ2v) is 10.9. The van der Waals surface area contributed by atoms with Gasteiger partial charge in [-0.15, -0.1) is 11.3 Å². The zero-order valence-electron chi connectivity index (χ0n) is 22.3. The number of aliphatic hydroxyl groups is 1. The lowest BCUT2D eigenvalue weighted by Crippen LogP contribution is -2.42. The first-order chi connectivity index (χ1) is 19.0. The molecule has 0 radical (unpaired) electrons. The summed E-state index contributed by atoms with van der Waals surface area (Å²) in [7, 11) is 0. The lowest BCUT2D eigenvalue weighted by Gasteiger charge is -2.22. The van der Waals surface area contributed by atoms with E-state index in [1.807, 2.05) is 36.1 Å². The zero-order chi connectivity index (χ0) is 29.3. The van der Waals surface area contributed by atoms with E-state index in [-0.39, 0.29) is 0 Å². The first-order valence-electron chi connectivity index (χ1n) is 12.6. The number of thiophene rings is 1. The summed E-state index contributed by atoms with van der Waals surface area (Å²) in [4.78, 5) is 39.9. The normalized spacial score (nSPS) is 11.4. The molecule has 0 aliphatic heterocycles. The zero-order valence-corrected chi connectivity index (χ0v) is 23.1. The highest BCUT2D eigenvalue weighted by Gasteiger charge is 2.40. The molecule has 214 valence electrons. The predicted octanol–water partition coefficient (Wildman–Crippen LogP) is 4.15. The van der Waals surface area contributed by atoms with E-state index in [2.05, 4.69) is 58.6 Å². The van der Waals surface area contributed by atoms with Gasteiger partial charge in [0.1, 0.15) is 11.3 Å². The monoisotopic (exact) mass is 571 g/mol. The van der Waals surface area contributed by atoms with Crippen molar-refractivity contribution in [3.8, 4) is 0 Å². The number of carboxylic acid groups (broad SMARTS) is 3. The Hall–Kier alpha value is -4.00. The smallest absolute Gasteiger partial charge is 0.336 e. The van der Waals surface area contributed by atoms with Crippen LogP contribution in [0.25, 0.3) is 11.0 Å². The third-order valence-corrected chi connectivity index (χ3v) is 7.18. The molecule has 11 nitrogen and oxygen atoms in total. The number of imidazole rings is 1. The molecule has 0 saturated carbocycles. The number of para-hydroxylation sites is 1. The Balaban J connectivity index is 0.000000289. The summed E-state index contributed by atoms with van der Waals surface area (Å²) in [6.45, 7) is 8.16. The third kappa shape index (κ3) is 8.76. The Bertz CT molecular complexity index is 1410. The minimum atomic E-state index is -2.74. The van der Waals surface area contributed by atoms with E-state index in [1.165, 1.54) is 20.7 Å². The van der Waals surface area contributed by atoms with Gasteiger partial charge in [0.15, 0.2) is 5.60 Å². The fourth-order valence-corrected chi connectivity index (χ4v) is 5.19. The third-order valence-electron chi connectivity index (χ3n) is 6.19. The maximum absolute atomic E-state index is 10.3. The molecule has 0 aliphatic rings. The van der Waals surface area contributed by atoms with Gasteiger partial charge >= 0.3 is 17.9 Å². The van der Waals surface area contributed by atoms with E-state index in [1.54, 1.807) is 0 Å². The highest BCUT2D eigenvalue weighted by Crippen LogP contribution is 2.28. The second-order valence-electron chi connectivity index (χ2n) is 9.49. The Labute approximate surface area is 234 Å². The molecule has 12 heteroatoms. The van der Waals surface area contributed by atoms with Crippen LogP contribution < -0.4 is 0 Å². The van der Waals surface area contributed by atoms with Crippen LogP contribution in [0.1, 0.15) is 40.3 Å². The van der Waals surface area contributed by atoms with E-state index in [0.29, 0.717) is 0 Å². The average molecular weight is 572 g/mol. The number of hydrogen-bond donors (Lipinski definition) is 4. The molecule has 3 heterocycles. The van der Waals surface area contributed by atoms with Crippen molar-refractivity contribution >= 4 is 40.2 Å². The van der Waals surface area contributed by atoms with Crippen molar-refractivity contribution < 1.29 is 39.2 Å². The van der Waals surface area contributed by atoms with E-state index in [0.717, 1.165) is 43.9 Å². The van der Waals surface area contributed by atoms with Gasteiger partial charge in [-0.2, -0.15) is 0 Å². The van der Waals surface area contributed by atoms with Crippen LogP contribution in [-0.4, -0.2) is 64.9 Å². The molecule has 0 unspecified atom stereocenters. The minimum Gasteiger partial charge on any atom is -0.481 e. The number of carbonyl (C=O) groups is 3. The van der Waals surface area contributed by atoms with Gasteiger partial charge in [0.05, 0.1) is 19.2 Å². The number of nitrogens with zero attached hydrogens (tertiary/aromatic N) is 3. The van der Waals surface area contributed by atoms with Crippen molar-refractivity contribution in [2.24, 2.45) is 0 Å². The Morgan fingerprint density at radius 1 is 1.02 bits per heavy atom. The predicted molar refractivity (Wildman–Crippen MR) is 148 cm³/mol. The summed E-state index contributed by atoms with van der Waals surface area (Å²) in [5, 5.41) is 35.0. The summed E-state index contributed by atoms with van der Waals surface area (Å²) < 4.78 is 8.13. The van der Waals surface area contributed by atoms with Crippen LogP contribution in [0.2, 0.25) is 0 Å². The van der Waals surface area contributed by atoms with Crippen LogP contribution in [0.5, 0.6) is 0 Å². The van der Waals surface area contributed by atoms with Crippen molar-refractivity contribution in [3.63, 3.8) is 0 Å². The topological polar surface area (TPSA) is 166 Å². The number of fused-ring (bicyclic) bond motifs is 1. The molecule has 0 amide bonds. The Morgan fingerprint density at radius 2 is 1.73 bits per heavy atom. The highest BCUT2D eigenvalue weighted by molar-refractivity contribution is 7.11. The van der Waals surface area contributed by atoms with Gasteiger partial charge in [0.2, 0.25) is 0 Å². The van der Waals surface area contributed by atoms with Gasteiger partial charge in [0, 0.05) is 59.3 Å². The van der Waals surface area contributed by atoms with Gasteiger partial charge < -0.3 is 29.4 Å². The summed E-state index contributed by atoms with van der Waals surface area (Å²) in [6.07, 6.45) is 4.56. The summed E-state index contributed by atoms with van der Waals surface area (Å²) in [5.74, 6) is -3.99. The number of rotatable bonds is 13. The molecule has 4 N–H and O–H groups in total. The number of benzene rings is 1. The van der Waals surface area contributed by atoms with Gasteiger partial charge in [-0.3, -0.25) is 14.5 Å². The maximum atomic E-state index is 10.3. The van der Waals surface area contributed by atoms with Crippen molar-refractivity contribution in [2.75, 3.05) is 6.54 Å². The van der Waals surface area contributed by atoms with Crippen molar-refractivity contribution in [1.29, 1.82) is 0 Å². The fraction of sp³-hybridized carbons (Fsp3) is 0.357. The van der Waals surface area contributed by atoms with Gasteiger partial charge in [-0.05, 0) is 38.5 Å². The van der Waals surface area contributed by atoms with Gasteiger partial charge in [-0.25, -0.2) is 9.78 Å². The molecule has 1 aromatic carbocycles. The number of carboxylic acids is 3. The van der Waals surface area contributed by atoms with Crippen molar-refractivity contribution in [2.45, 2.75) is 58.3 Å². The lowest BCUT2D eigenvalue weighted by molar-refractivity contribution is -0.170. The van der Waals surface area contributed by atoms with Crippen molar-refractivity contribution in [3.05, 3.63) is 76.2 Å². The first-order valence-corrected chi connectivity index (χ1v) is 13.4. The largest absolute Gasteiger partial charge is 0.481 e. The molecule has 0 atom stereocenters. The van der Waals surface area contributed by atoms with Gasteiger partial charge in [0.25, 0.3) is 0 Å². The molecular formula is C28H33N3O8S. The minimum absolute atomic E-state index is 0.906. The van der Waals surface area contributed by atoms with E-state index in [4.69, 9.17) is 24.8 Å². The number of aryl methyl sites for hydroxylation is 3. The van der Waals surface area contributed by atoms with Crippen LogP contribution in [0, 0.1) is 13.8 Å². The van der Waals surface area contributed by atoms with Crippen LogP contribution in [0.4, 0.5) is 0 Å². The second kappa shape index (κ2) is 13.9. The SMILES string of the molecule is Cc1ccc(CN(CCCn2ccnc2)Cc2c(C)oc3ccccc23)s1.O=C(O)CC(O)(CC(=O)O)C(=O)O. The maximum Gasteiger partial charge on any atom is 0.336 e. The van der Waals surface area contributed by atoms with Crippen LogP contribution in [0.3, 0.4) is 0 Å². The molecule has 4 aromatic rings. The first kappa shape index (κ1) is 30.5. The van der Waals surface area contributed by atoms with E-state index >= 15 is 0 Å². The average Bonchev–Trinajstić information content (AvgIpc) is 3.60. The quantitative estimate of drug-likeness (QED) is 0.183. The molecule has 3 aromatic heterocycles. The molecular weight excluding hydrogens is 538 g/mol. The molecule has 40 heavy (non-hydrogen) atoms. The highest BCUT2D eigenvalue weighted by atomic mass is 32.1. The van der Waals surface area contributed by atoms with Crippen LogP contribution >= 0.6 is 11.3 Å². The standard InChI is InChI=1S/C22H25N3OS.C6H8O7/c1-17-8-9-19(27-17)14-25(12-5-11-24-13-10-23-16-24)15-21-18(2)26-22-7-4-3-6-20(21)22;7-3(8)1-6(13,5(11)12)2-4(9)10/h3-4,6-10,13,16H,5,11-12,14-15H2,1-2H3;13H,1-2H2,(H,7,8)(H,9,10)(H,11,12). The number of furan rings is 1. The summed E-state index contributed by atoms with van der Waals surface area (Å²) >= 11 is 1.89. The molecule has 0 fully saturated rings. The summed E-state index contributed by atoms with van der Waals surface area (Å²) in [6, 6.07) is 12.8. The number of aliphatic carboxylic acids is 3. The summed E-state index contributed by atoms with van der Waals surface area (Å²) in [5.41, 5.74) is -0.450. The van der Waals surface area contributed by atoms with E-state index < -0.39 is 36.4 Å². The Kier molecular flexibility index (Phi) is 10.6. The molecule has 0 spiro atoms. The molecule has 0 bridgehead atoms. The molecule has 0 aliphatic carbocycles. The van der Waals surface area contributed by atoms with E-state index in [9.17, 15) is 14.4 Å². The number of aromatic nitrogens is 2. The van der Waals surface area contributed by atoms with Crippen molar-refractivity contribution in [1.82, 2.24) is 14.5 Å². The molecule has 0 saturated heterocycles. The fourth-order valence-electron chi connectivity index (χ4n) is 4.26. The van der Waals surface area contributed by atoms with Gasteiger partial charge in [-0.1, -0.05) is 18.2 Å². The molecule has 4 rings (SSSR count). The number of hydrogen-bond acceptors (Lipinski definition) is 8. The Morgan fingerprint density at radius 3 is 2.30 bits per heavy atom. The van der Waals surface area contributed by atoms with Crippen LogP contribution in [0.15, 0.2) is 59.5 Å².